The molecule has 2 N–H and O–H groups in total. The average molecular weight is 398 g/mol. The van der Waals surface area contributed by atoms with Gasteiger partial charge in [0, 0.05) is 23.5 Å². The van der Waals surface area contributed by atoms with Gasteiger partial charge < -0.3 is 15.4 Å². The number of pyridine rings is 2. The molecule has 1 amide bonds. The van der Waals surface area contributed by atoms with Gasteiger partial charge in [0.1, 0.15) is 11.6 Å². The number of hydrogen-bond donors (Lipinski definition) is 2. The number of ether oxygens (including phenoxy) is 1. The number of amides is 1. The number of nitrogens with zero attached hydrogens (tertiary/aromatic N) is 2. The molecule has 30 heavy (non-hydrogen) atoms. The van der Waals surface area contributed by atoms with E-state index >= 15 is 0 Å². The summed E-state index contributed by atoms with van der Waals surface area (Å²) in [6.45, 7) is 3.94. The first-order valence-electron chi connectivity index (χ1n) is 9.73. The Kier molecular flexibility index (Phi) is 5.57. The minimum Gasteiger partial charge on any atom is -0.491 e. The van der Waals surface area contributed by atoms with Gasteiger partial charge >= 0.3 is 0 Å². The van der Waals surface area contributed by atoms with Crippen LogP contribution in [0.15, 0.2) is 79.1 Å². The zero-order chi connectivity index (χ0) is 20.9. The lowest BCUT2D eigenvalue weighted by Gasteiger charge is -2.11. The van der Waals surface area contributed by atoms with Crippen LogP contribution in [0.25, 0.3) is 10.9 Å². The fourth-order valence-corrected chi connectivity index (χ4v) is 3.04. The van der Waals surface area contributed by atoms with Crippen LogP contribution in [-0.2, 0) is 0 Å². The number of benzene rings is 2. The van der Waals surface area contributed by atoms with Gasteiger partial charge in [-0.15, -0.1) is 0 Å². The number of aromatic nitrogens is 2. The molecule has 0 atom stereocenters. The zero-order valence-corrected chi connectivity index (χ0v) is 16.8. The molecule has 2 aromatic heterocycles. The second kappa shape index (κ2) is 8.61. The first-order chi connectivity index (χ1) is 14.6. The monoisotopic (exact) mass is 398 g/mol. The van der Waals surface area contributed by atoms with Crippen LogP contribution in [0.5, 0.6) is 5.75 Å². The highest BCUT2D eigenvalue weighted by Gasteiger charge is 2.08. The van der Waals surface area contributed by atoms with Gasteiger partial charge in [0.05, 0.1) is 22.9 Å². The number of rotatable bonds is 6. The number of carbonyl (C=O) groups excluding carboxylic acids is 1. The highest BCUT2D eigenvalue weighted by atomic mass is 16.5. The summed E-state index contributed by atoms with van der Waals surface area (Å²) in [6.07, 6.45) is 3.41. The van der Waals surface area contributed by atoms with Gasteiger partial charge in [-0.05, 0) is 62.4 Å². The predicted molar refractivity (Wildman–Crippen MR) is 119 cm³/mol. The molecule has 0 saturated heterocycles. The summed E-state index contributed by atoms with van der Waals surface area (Å²) in [4.78, 5) is 21.3. The molecule has 2 heterocycles. The lowest BCUT2D eigenvalue weighted by Crippen LogP contribution is -2.12. The molecule has 4 aromatic rings. The van der Waals surface area contributed by atoms with Crippen LogP contribution in [-0.4, -0.2) is 22.0 Å². The van der Waals surface area contributed by atoms with Crippen LogP contribution in [0.1, 0.15) is 24.2 Å². The number of fused-ring (bicyclic) bond motifs is 1. The van der Waals surface area contributed by atoms with Crippen molar-refractivity contribution >= 4 is 34.0 Å². The van der Waals surface area contributed by atoms with Crippen LogP contribution in [0, 0.1) is 0 Å². The third kappa shape index (κ3) is 4.55. The number of anilines is 3. The van der Waals surface area contributed by atoms with Crippen molar-refractivity contribution in [1.82, 2.24) is 9.97 Å². The van der Waals surface area contributed by atoms with E-state index < -0.39 is 0 Å². The number of carbonyl (C=O) groups is 1. The van der Waals surface area contributed by atoms with Crippen LogP contribution < -0.4 is 15.4 Å². The van der Waals surface area contributed by atoms with Crippen LogP contribution in [0.4, 0.5) is 17.2 Å². The summed E-state index contributed by atoms with van der Waals surface area (Å²) in [5.74, 6) is 1.18. The molecule has 0 aliphatic carbocycles. The molecule has 0 aliphatic heterocycles. The fourth-order valence-electron chi connectivity index (χ4n) is 3.04. The lowest BCUT2D eigenvalue weighted by atomic mass is 10.2. The van der Waals surface area contributed by atoms with Gasteiger partial charge in [-0.25, -0.2) is 4.98 Å². The van der Waals surface area contributed by atoms with E-state index in [1.165, 1.54) is 0 Å². The highest BCUT2D eigenvalue weighted by molar-refractivity contribution is 6.04. The normalized spacial score (nSPS) is 10.8. The van der Waals surface area contributed by atoms with Crippen molar-refractivity contribution < 1.29 is 9.53 Å². The molecule has 0 unspecified atom stereocenters. The van der Waals surface area contributed by atoms with Crippen molar-refractivity contribution in [2.45, 2.75) is 20.0 Å². The Bertz CT molecular complexity index is 1150. The van der Waals surface area contributed by atoms with Gasteiger partial charge in [0.15, 0.2) is 0 Å². The predicted octanol–water partition coefficient (Wildman–Crippen LogP) is 5.41. The molecule has 0 fully saturated rings. The summed E-state index contributed by atoms with van der Waals surface area (Å²) >= 11 is 0. The molecule has 4 rings (SSSR count). The van der Waals surface area contributed by atoms with Crippen molar-refractivity contribution in [1.29, 1.82) is 0 Å². The van der Waals surface area contributed by atoms with E-state index in [1.807, 2.05) is 68.4 Å². The number of para-hydroxylation sites is 1. The first kappa shape index (κ1) is 19.4. The Morgan fingerprint density at radius 2 is 1.73 bits per heavy atom. The van der Waals surface area contributed by atoms with Gasteiger partial charge in [-0.1, -0.05) is 18.2 Å². The standard InChI is InChI=1S/C24H22N4O2/c1-16(2)30-20-11-9-19(10-12-20)27-24(29)18-8-13-22(26-15-18)28-21-7-3-5-17-6-4-14-25-23(17)21/h3-16H,1-2H3,(H,26,28)(H,27,29). The largest absolute Gasteiger partial charge is 0.491 e. The smallest absolute Gasteiger partial charge is 0.257 e. The lowest BCUT2D eigenvalue weighted by molar-refractivity contribution is 0.102. The second-order valence-corrected chi connectivity index (χ2v) is 7.08. The summed E-state index contributed by atoms with van der Waals surface area (Å²) < 4.78 is 5.61. The quantitative estimate of drug-likeness (QED) is 0.454. The summed E-state index contributed by atoms with van der Waals surface area (Å²) in [5.41, 5.74) is 2.90. The molecular formula is C24H22N4O2. The zero-order valence-electron chi connectivity index (χ0n) is 16.8. The van der Waals surface area contributed by atoms with E-state index in [0.717, 1.165) is 22.3 Å². The minimum atomic E-state index is -0.224. The van der Waals surface area contributed by atoms with Crippen LogP contribution in [0.3, 0.4) is 0 Å². The van der Waals surface area contributed by atoms with E-state index in [1.54, 1.807) is 24.5 Å². The SMILES string of the molecule is CC(C)Oc1ccc(NC(=O)c2ccc(Nc3cccc4cccnc34)nc2)cc1. The topological polar surface area (TPSA) is 76.1 Å². The summed E-state index contributed by atoms with van der Waals surface area (Å²) in [7, 11) is 0. The van der Waals surface area contributed by atoms with E-state index in [0.29, 0.717) is 17.1 Å². The van der Waals surface area contributed by atoms with Crippen molar-refractivity contribution in [2.75, 3.05) is 10.6 Å². The maximum Gasteiger partial charge on any atom is 0.257 e. The molecule has 0 aliphatic rings. The van der Waals surface area contributed by atoms with E-state index in [-0.39, 0.29) is 12.0 Å². The summed E-state index contributed by atoms with van der Waals surface area (Å²) in [6, 6.07) is 20.6. The Morgan fingerprint density at radius 3 is 2.47 bits per heavy atom. The minimum absolute atomic E-state index is 0.105. The Hall–Kier alpha value is -3.93. The van der Waals surface area contributed by atoms with E-state index in [2.05, 4.69) is 20.6 Å². The van der Waals surface area contributed by atoms with Gasteiger partial charge in [-0.3, -0.25) is 9.78 Å². The first-order valence-corrected chi connectivity index (χ1v) is 9.73. The molecule has 0 radical (unpaired) electrons. The Balaban J connectivity index is 1.43. The maximum atomic E-state index is 12.5. The number of nitrogens with one attached hydrogen (secondary N) is 2. The molecular weight excluding hydrogens is 376 g/mol. The molecule has 6 heteroatoms. The van der Waals surface area contributed by atoms with Crippen LogP contribution >= 0.6 is 0 Å². The third-order valence-electron chi connectivity index (χ3n) is 4.41. The highest BCUT2D eigenvalue weighted by Crippen LogP contribution is 2.24. The molecule has 0 bridgehead atoms. The fraction of sp³-hybridized carbons (Fsp3) is 0.125. The third-order valence-corrected chi connectivity index (χ3v) is 4.41. The Labute approximate surface area is 175 Å². The Morgan fingerprint density at radius 1 is 0.933 bits per heavy atom. The molecule has 6 nitrogen and oxygen atoms in total. The van der Waals surface area contributed by atoms with Gasteiger partial charge in [0.25, 0.3) is 5.91 Å². The second-order valence-electron chi connectivity index (χ2n) is 7.08. The molecule has 2 aromatic carbocycles. The van der Waals surface area contributed by atoms with Crippen molar-refractivity contribution in [3.8, 4) is 5.75 Å². The van der Waals surface area contributed by atoms with E-state index in [4.69, 9.17) is 4.74 Å². The van der Waals surface area contributed by atoms with Crippen LogP contribution in [0.2, 0.25) is 0 Å². The molecule has 150 valence electrons. The molecule has 0 spiro atoms. The average Bonchev–Trinajstić information content (AvgIpc) is 2.75. The molecule has 0 saturated carbocycles. The van der Waals surface area contributed by atoms with Gasteiger partial charge in [-0.2, -0.15) is 0 Å². The van der Waals surface area contributed by atoms with E-state index in [9.17, 15) is 4.79 Å². The van der Waals surface area contributed by atoms with Gasteiger partial charge in [0.2, 0.25) is 0 Å². The summed E-state index contributed by atoms with van der Waals surface area (Å²) in [5, 5.41) is 7.18. The number of hydrogen-bond acceptors (Lipinski definition) is 5. The van der Waals surface area contributed by atoms with Crippen molar-refractivity contribution in [2.24, 2.45) is 0 Å². The van der Waals surface area contributed by atoms with Crippen molar-refractivity contribution in [3.05, 3.63) is 84.7 Å². The van der Waals surface area contributed by atoms with Crippen molar-refractivity contribution in [3.63, 3.8) is 0 Å². The maximum absolute atomic E-state index is 12.5.